The molecule has 0 aromatic heterocycles. The van der Waals surface area contributed by atoms with Crippen molar-refractivity contribution in [2.75, 3.05) is 0 Å². The molecule has 0 amide bonds. The van der Waals surface area contributed by atoms with Crippen molar-refractivity contribution >= 4 is 11.9 Å². The topological polar surface area (TPSA) is 74.6 Å². The predicted octanol–water partition coefficient (Wildman–Crippen LogP) is 7.54. The Bertz CT molecular complexity index is 413. The molecular weight excluding hydrogens is 352 g/mol. The van der Waals surface area contributed by atoms with Crippen LogP contribution >= 0.6 is 0 Å². The standard InChI is InChI=1S/C20H38O2.C4H6O2/c1-3-4-5-6-7-8-9-10-11-12-13-14-15-16-17-18-19(2)20(21)22;1-2-3-4(5)6/h18H,3-17H2,1-2H3,(H,21,22);2H,1,3H2,(H,5,6). The molecular formula is C24H44O4. The Morgan fingerprint density at radius 3 is 1.43 bits per heavy atom. The fourth-order valence-electron chi connectivity index (χ4n) is 2.87. The number of unbranched alkanes of at least 4 members (excludes halogenated alkanes) is 14. The van der Waals surface area contributed by atoms with E-state index in [2.05, 4.69) is 13.5 Å². The number of carboxylic acids is 2. The molecule has 0 aliphatic carbocycles. The van der Waals surface area contributed by atoms with Crippen LogP contribution in [-0.2, 0) is 9.59 Å². The van der Waals surface area contributed by atoms with Gasteiger partial charge in [-0.3, -0.25) is 4.79 Å². The van der Waals surface area contributed by atoms with Gasteiger partial charge >= 0.3 is 11.9 Å². The highest BCUT2D eigenvalue weighted by Gasteiger charge is 1.98. The zero-order valence-electron chi connectivity index (χ0n) is 18.4. The maximum Gasteiger partial charge on any atom is 0.330 e. The van der Waals surface area contributed by atoms with Gasteiger partial charge in [-0.15, -0.1) is 6.58 Å². The average molecular weight is 397 g/mol. The van der Waals surface area contributed by atoms with Gasteiger partial charge in [0.1, 0.15) is 0 Å². The lowest BCUT2D eigenvalue weighted by atomic mass is 10.0. The Morgan fingerprint density at radius 1 is 0.750 bits per heavy atom. The normalized spacial score (nSPS) is 10.9. The summed E-state index contributed by atoms with van der Waals surface area (Å²) in [5.41, 5.74) is 0.481. The van der Waals surface area contributed by atoms with Crippen molar-refractivity contribution in [1.29, 1.82) is 0 Å². The molecule has 0 radical (unpaired) electrons. The van der Waals surface area contributed by atoms with Gasteiger partial charge in [-0.1, -0.05) is 103 Å². The summed E-state index contributed by atoms with van der Waals surface area (Å²) < 4.78 is 0. The summed E-state index contributed by atoms with van der Waals surface area (Å²) in [6, 6.07) is 0. The number of aliphatic carboxylic acids is 2. The Balaban J connectivity index is 0. The van der Waals surface area contributed by atoms with Crippen molar-refractivity contribution in [3.63, 3.8) is 0 Å². The molecule has 0 aliphatic heterocycles. The van der Waals surface area contributed by atoms with Crippen LogP contribution in [0.2, 0.25) is 0 Å². The van der Waals surface area contributed by atoms with Crippen LogP contribution in [-0.4, -0.2) is 22.2 Å². The van der Waals surface area contributed by atoms with Crippen molar-refractivity contribution < 1.29 is 19.8 Å². The molecule has 0 heterocycles. The third-order valence-electron chi connectivity index (χ3n) is 4.66. The third kappa shape index (κ3) is 26.6. The van der Waals surface area contributed by atoms with Crippen LogP contribution in [0.3, 0.4) is 0 Å². The minimum absolute atomic E-state index is 0.0556. The first-order valence-electron chi connectivity index (χ1n) is 11.2. The molecule has 0 atom stereocenters. The van der Waals surface area contributed by atoms with Crippen molar-refractivity contribution in [1.82, 2.24) is 0 Å². The minimum atomic E-state index is -0.829. The molecule has 0 aromatic rings. The van der Waals surface area contributed by atoms with Crippen LogP contribution in [0.1, 0.15) is 117 Å². The van der Waals surface area contributed by atoms with E-state index in [1.807, 2.05) is 6.08 Å². The predicted molar refractivity (Wildman–Crippen MR) is 119 cm³/mol. The molecule has 0 rings (SSSR count). The molecule has 0 bridgehead atoms. The van der Waals surface area contributed by atoms with Gasteiger partial charge in [-0.25, -0.2) is 4.79 Å². The van der Waals surface area contributed by atoms with E-state index in [1.54, 1.807) is 6.92 Å². The van der Waals surface area contributed by atoms with Crippen molar-refractivity contribution in [3.8, 4) is 0 Å². The van der Waals surface area contributed by atoms with Gasteiger partial charge in [-0.05, 0) is 19.8 Å². The molecule has 0 aliphatic rings. The minimum Gasteiger partial charge on any atom is -0.481 e. The molecule has 0 fully saturated rings. The first kappa shape index (κ1) is 28.6. The zero-order chi connectivity index (χ0) is 21.5. The highest BCUT2D eigenvalue weighted by atomic mass is 16.4. The number of carbonyl (C=O) groups is 2. The van der Waals surface area contributed by atoms with E-state index in [4.69, 9.17) is 10.2 Å². The molecule has 0 saturated carbocycles. The van der Waals surface area contributed by atoms with Crippen LogP contribution in [0.25, 0.3) is 0 Å². The molecule has 4 heteroatoms. The fraction of sp³-hybridized carbons (Fsp3) is 0.750. The Morgan fingerprint density at radius 2 is 1.14 bits per heavy atom. The van der Waals surface area contributed by atoms with Gasteiger partial charge in [0.2, 0.25) is 0 Å². The van der Waals surface area contributed by atoms with E-state index in [0.717, 1.165) is 12.8 Å². The Labute approximate surface area is 173 Å². The second-order valence-corrected chi connectivity index (χ2v) is 7.46. The first-order chi connectivity index (χ1) is 13.5. The lowest BCUT2D eigenvalue weighted by Gasteiger charge is -2.03. The van der Waals surface area contributed by atoms with Crippen LogP contribution in [0.4, 0.5) is 0 Å². The second-order valence-electron chi connectivity index (χ2n) is 7.46. The summed E-state index contributed by atoms with van der Waals surface area (Å²) >= 11 is 0. The quantitative estimate of drug-likeness (QED) is 0.143. The van der Waals surface area contributed by atoms with Gasteiger partial charge in [0.15, 0.2) is 0 Å². The summed E-state index contributed by atoms with van der Waals surface area (Å²) in [6.45, 7) is 7.16. The molecule has 164 valence electrons. The first-order valence-corrected chi connectivity index (χ1v) is 11.2. The molecule has 2 N–H and O–H groups in total. The molecule has 0 saturated heterocycles. The third-order valence-corrected chi connectivity index (χ3v) is 4.66. The SMILES string of the molecule is C=CCC(=O)O.CCCCCCCCCCCCCCCCC=C(C)C(=O)O. The van der Waals surface area contributed by atoms with Crippen LogP contribution in [0.15, 0.2) is 24.3 Å². The largest absolute Gasteiger partial charge is 0.481 e. The van der Waals surface area contributed by atoms with Gasteiger partial charge in [0.05, 0.1) is 6.42 Å². The summed E-state index contributed by atoms with van der Waals surface area (Å²) in [5, 5.41) is 16.6. The highest BCUT2D eigenvalue weighted by molar-refractivity contribution is 5.85. The van der Waals surface area contributed by atoms with Crippen molar-refractivity contribution in [3.05, 3.63) is 24.3 Å². The Kier molecular flexibility index (Phi) is 24.0. The van der Waals surface area contributed by atoms with E-state index in [1.165, 1.54) is 89.5 Å². The maximum atomic E-state index is 10.6. The smallest absolute Gasteiger partial charge is 0.330 e. The number of hydrogen-bond acceptors (Lipinski definition) is 2. The summed E-state index contributed by atoms with van der Waals surface area (Å²) in [5.74, 6) is -1.62. The second kappa shape index (κ2) is 23.5. The fourth-order valence-corrected chi connectivity index (χ4v) is 2.87. The lowest BCUT2D eigenvalue weighted by Crippen LogP contribution is -1.95. The molecule has 0 spiro atoms. The lowest BCUT2D eigenvalue weighted by molar-refractivity contribution is -0.136. The highest BCUT2D eigenvalue weighted by Crippen LogP contribution is 2.13. The maximum absolute atomic E-state index is 10.6. The van der Waals surface area contributed by atoms with Crippen LogP contribution in [0, 0.1) is 0 Å². The van der Waals surface area contributed by atoms with Gasteiger partial charge < -0.3 is 10.2 Å². The summed E-state index contributed by atoms with van der Waals surface area (Å²) in [7, 11) is 0. The van der Waals surface area contributed by atoms with E-state index >= 15 is 0 Å². The molecule has 0 unspecified atom stereocenters. The molecule has 28 heavy (non-hydrogen) atoms. The van der Waals surface area contributed by atoms with E-state index < -0.39 is 11.9 Å². The van der Waals surface area contributed by atoms with Crippen LogP contribution in [0.5, 0.6) is 0 Å². The zero-order valence-corrected chi connectivity index (χ0v) is 18.4. The van der Waals surface area contributed by atoms with Gasteiger partial charge in [0, 0.05) is 5.57 Å². The number of allylic oxidation sites excluding steroid dienone is 1. The number of carboxylic acid groups (broad SMARTS) is 2. The van der Waals surface area contributed by atoms with Crippen molar-refractivity contribution in [2.24, 2.45) is 0 Å². The number of rotatable bonds is 18. The van der Waals surface area contributed by atoms with Crippen LogP contribution < -0.4 is 0 Å². The summed E-state index contributed by atoms with van der Waals surface area (Å²) in [4.78, 5) is 20.1. The van der Waals surface area contributed by atoms with Gasteiger partial charge in [-0.2, -0.15) is 0 Å². The van der Waals surface area contributed by atoms with E-state index in [0.29, 0.717) is 5.57 Å². The van der Waals surface area contributed by atoms with E-state index in [9.17, 15) is 9.59 Å². The van der Waals surface area contributed by atoms with Crippen molar-refractivity contribution in [2.45, 2.75) is 117 Å². The Hall–Kier alpha value is -1.58. The van der Waals surface area contributed by atoms with E-state index in [-0.39, 0.29) is 6.42 Å². The molecule has 0 aromatic carbocycles. The van der Waals surface area contributed by atoms with Gasteiger partial charge in [0.25, 0.3) is 0 Å². The average Bonchev–Trinajstić information content (AvgIpc) is 2.65. The number of hydrogen-bond donors (Lipinski definition) is 2. The summed E-state index contributed by atoms with van der Waals surface area (Å²) in [6.07, 6.45) is 23.3. The monoisotopic (exact) mass is 396 g/mol. The molecule has 4 nitrogen and oxygen atoms in total.